The van der Waals surface area contributed by atoms with Crippen LogP contribution >= 0.6 is 0 Å². The van der Waals surface area contributed by atoms with Crippen LogP contribution < -0.4 is 15.8 Å². The monoisotopic (exact) mass is 316 g/mol. The smallest absolute Gasteiger partial charge is 0.258 e. The van der Waals surface area contributed by atoms with E-state index in [1.165, 1.54) is 25.7 Å². The zero-order valence-corrected chi connectivity index (χ0v) is 13.5. The highest BCUT2D eigenvalue weighted by Crippen LogP contribution is 2.49. The Morgan fingerprint density at radius 1 is 1.30 bits per heavy atom. The zero-order valence-electron chi connectivity index (χ0n) is 13.5. The van der Waals surface area contributed by atoms with Gasteiger partial charge in [-0.05, 0) is 56.1 Å². The van der Waals surface area contributed by atoms with Crippen LogP contribution in [0.15, 0.2) is 24.3 Å². The number of benzene rings is 1. The molecule has 2 aliphatic rings. The zero-order chi connectivity index (χ0) is 16.4. The molecule has 5 nitrogen and oxygen atoms in total. The molecule has 124 valence electrons. The van der Waals surface area contributed by atoms with E-state index >= 15 is 0 Å². The van der Waals surface area contributed by atoms with Gasteiger partial charge in [0.05, 0.1) is 5.56 Å². The second kappa shape index (κ2) is 6.60. The van der Waals surface area contributed by atoms with Crippen LogP contribution in [0.4, 0.5) is 0 Å². The number of rotatable bonds is 6. The molecule has 0 radical (unpaired) electrons. The van der Waals surface area contributed by atoms with E-state index in [0.29, 0.717) is 17.2 Å². The van der Waals surface area contributed by atoms with E-state index < -0.39 is 5.91 Å². The van der Waals surface area contributed by atoms with E-state index in [4.69, 9.17) is 10.5 Å². The first-order valence-electron chi connectivity index (χ1n) is 8.35. The van der Waals surface area contributed by atoms with E-state index in [9.17, 15) is 9.59 Å². The standard InChI is InChI=1S/C18H24N2O3/c1-11(15-9-12-6-7-13(15)8-12)20-17(21)10-23-16-5-3-2-4-14(16)18(19)22/h2-5,11-13,15H,6-10H2,1H3,(H2,19,22)(H,20,21)/t11-,12-,13-,15-/m1/s1. The molecule has 0 spiro atoms. The molecule has 0 heterocycles. The number of hydrogen-bond donors (Lipinski definition) is 2. The molecule has 23 heavy (non-hydrogen) atoms. The number of para-hydroxylation sites is 1. The Hall–Kier alpha value is -2.04. The summed E-state index contributed by atoms with van der Waals surface area (Å²) in [6.07, 6.45) is 5.22. The predicted octanol–water partition coefficient (Wildman–Crippen LogP) is 2.11. The van der Waals surface area contributed by atoms with Crippen molar-refractivity contribution < 1.29 is 14.3 Å². The maximum atomic E-state index is 12.1. The lowest BCUT2D eigenvalue weighted by molar-refractivity contribution is -0.124. The third-order valence-electron chi connectivity index (χ3n) is 5.33. The molecule has 3 rings (SSSR count). The number of ether oxygens (including phenoxy) is 1. The molecular weight excluding hydrogens is 292 g/mol. The first kappa shape index (κ1) is 15.8. The van der Waals surface area contributed by atoms with Crippen molar-refractivity contribution in [2.45, 2.75) is 38.6 Å². The topological polar surface area (TPSA) is 81.4 Å². The van der Waals surface area contributed by atoms with Crippen molar-refractivity contribution in [3.05, 3.63) is 29.8 Å². The Morgan fingerprint density at radius 2 is 2.09 bits per heavy atom. The summed E-state index contributed by atoms with van der Waals surface area (Å²) in [6, 6.07) is 6.87. The molecule has 0 aromatic heterocycles. The molecule has 2 amide bonds. The number of carbonyl (C=O) groups is 2. The van der Waals surface area contributed by atoms with Crippen LogP contribution in [0, 0.1) is 17.8 Å². The largest absolute Gasteiger partial charge is 0.483 e. The normalized spacial score (nSPS) is 26.7. The van der Waals surface area contributed by atoms with Gasteiger partial charge in [-0.1, -0.05) is 18.6 Å². The van der Waals surface area contributed by atoms with E-state index in [2.05, 4.69) is 12.2 Å². The highest BCUT2D eigenvalue weighted by atomic mass is 16.5. The van der Waals surface area contributed by atoms with Gasteiger partial charge in [-0.15, -0.1) is 0 Å². The maximum absolute atomic E-state index is 12.1. The van der Waals surface area contributed by atoms with Gasteiger partial charge in [0.25, 0.3) is 11.8 Å². The number of primary amides is 1. The molecular formula is C18H24N2O3. The van der Waals surface area contributed by atoms with Gasteiger partial charge in [-0.2, -0.15) is 0 Å². The van der Waals surface area contributed by atoms with Crippen LogP contribution in [-0.2, 0) is 4.79 Å². The first-order chi connectivity index (χ1) is 11.0. The van der Waals surface area contributed by atoms with Crippen molar-refractivity contribution in [1.29, 1.82) is 0 Å². The quantitative estimate of drug-likeness (QED) is 0.843. The van der Waals surface area contributed by atoms with Gasteiger partial charge in [-0.3, -0.25) is 9.59 Å². The average molecular weight is 316 g/mol. The fourth-order valence-electron chi connectivity index (χ4n) is 4.25. The second-order valence-electron chi connectivity index (χ2n) is 6.84. The summed E-state index contributed by atoms with van der Waals surface area (Å²) in [4.78, 5) is 23.5. The lowest BCUT2D eigenvalue weighted by atomic mass is 9.84. The minimum absolute atomic E-state index is 0.102. The van der Waals surface area contributed by atoms with Gasteiger partial charge in [0.1, 0.15) is 5.75 Å². The van der Waals surface area contributed by atoms with Crippen LogP contribution in [0.5, 0.6) is 5.75 Å². The summed E-state index contributed by atoms with van der Waals surface area (Å²) >= 11 is 0. The number of hydrogen-bond acceptors (Lipinski definition) is 3. The Labute approximate surface area is 136 Å². The fourth-order valence-corrected chi connectivity index (χ4v) is 4.25. The SMILES string of the molecule is C[C@@H](NC(=O)COc1ccccc1C(N)=O)[C@H]1C[C@@H]2CC[C@@H]1C2. The molecule has 3 N–H and O–H groups in total. The molecule has 2 saturated carbocycles. The summed E-state index contributed by atoms with van der Waals surface area (Å²) in [5.41, 5.74) is 5.59. The van der Waals surface area contributed by atoms with Gasteiger partial charge in [0, 0.05) is 6.04 Å². The number of fused-ring (bicyclic) bond motifs is 2. The van der Waals surface area contributed by atoms with Crippen LogP contribution in [-0.4, -0.2) is 24.5 Å². The van der Waals surface area contributed by atoms with Crippen molar-refractivity contribution >= 4 is 11.8 Å². The maximum Gasteiger partial charge on any atom is 0.258 e. The van der Waals surface area contributed by atoms with Crippen molar-refractivity contribution in [3.8, 4) is 5.75 Å². The molecule has 2 aliphatic carbocycles. The van der Waals surface area contributed by atoms with Gasteiger partial charge in [0.2, 0.25) is 0 Å². The van der Waals surface area contributed by atoms with Crippen molar-refractivity contribution in [1.82, 2.24) is 5.32 Å². The lowest BCUT2D eigenvalue weighted by Gasteiger charge is -2.28. The first-order valence-corrected chi connectivity index (χ1v) is 8.35. The number of carbonyl (C=O) groups excluding carboxylic acids is 2. The summed E-state index contributed by atoms with van der Waals surface area (Å²) in [5.74, 6) is 1.86. The van der Waals surface area contributed by atoms with Gasteiger partial charge in [-0.25, -0.2) is 0 Å². The second-order valence-corrected chi connectivity index (χ2v) is 6.84. The molecule has 0 aliphatic heterocycles. The number of nitrogens with one attached hydrogen (secondary N) is 1. The molecule has 1 aromatic rings. The Balaban J connectivity index is 1.51. The molecule has 1 aromatic carbocycles. The molecule has 2 bridgehead atoms. The highest BCUT2D eigenvalue weighted by Gasteiger charge is 2.42. The third kappa shape index (κ3) is 3.49. The highest BCUT2D eigenvalue weighted by molar-refractivity contribution is 5.95. The van der Waals surface area contributed by atoms with Crippen molar-refractivity contribution in [3.63, 3.8) is 0 Å². The molecule has 5 heteroatoms. The molecule has 0 unspecified atom stereocenters. The van der Waals surface area contributed by atoms with Crippen LogP contribution in [0.2, 0.25) is 0 Å². The Bertz CT molecular complexity index is 602. The minimum Gasteiger partial charge on any atom is -0.483 e. The van der Waals surface area contributed by atoms with Crippen LogP contribution in [0.3, 0.4) is 0 Å². The van der Waals surface area contributed by atoms with Gasteiger partial charge < -0.3 is 15.8 Å². The van der Waals surface area contributed by atoms with Crippen LogP contribution in [0.1, 0.15) is 43.0 Å². The van der Waals surface area contributed by atoms with Gasteiger partial charge >= 0.3 is 0 Å². The molecule has 0 saturated heterocycles. The van der Waals surface area contributed by atoms with E-state index in [-0.39, 0.29) is 18.6 Å². The lowest BCUT2D eigenvalue weighted by Crippen LogP contribution is -2.42. The number of nitrogens with two attached hydrogens (primary N) is 1. The van der Waals surface area contributed by atoms with E-state index in [0.717, 1.165) is 11.8 Å². The van der Waals surface area contributed by atoms with Gasteiger partial charge in [0.15, 0.2) is 6.61 Å². The summed E-state index contributed by atoms with van der Waals surface area (Å²) in [6.45, 7) is 1.98. The third-order valence-corrected chi connectivity index (χ3v) is 5.33. The summed E-state index contributed by atoms with van der Waals surface area (Å²) in [5, 5.41) is 3.05. The minimum atomic E-state index is -0.559. The Kier molecular flexibility index (Phi) is 4.55. The van der Waals surface area contributed by atoms with Crippen molar-refractivity contribution in [2.75, 3.05) is 6.61 Å². The number of amides is 2. The molecule has 2 fully saturated rings. The average Bonchev–Trinajstić information content (AvgIpc) is 3.16. The summed E-state index contributed by atoms with van der Waals surface area (Å²) in [7, 11) is 0. The molecule has 4 atom stereocenters. The summed E-state index contributed by atoms with van der Waals surface area (Å²) < 4.78 is 5.47. The predicted molar refractivity (Wildman–Crippen MR) is 87.0 cm³/mol. The Morgan fingerprint density at radius 3 is 2.74 bits per heavy atom. The van der Waals surface area contributed by atoms with E-state index in [1.54, 1.807) is 24.3 Å². The van der Waals surface area contributed by atoms with Crippen LogP contribution in [0.25, 0.3) is 0 Å². The fraction of sp³-hybridized carbons (Fsp3) is 0.556. The van der Waals surface area contributed by atoms with Crippen molar-refractivity contribution in [2.24, 2.45) is 23.5 Å². The van der Waals surface area contributed by atoms with E-state index in [1.807, 2.05) is 0 Å².